The zero-order valence-electron chi connectivity index (χ0n) is 15.8. The molecule has 152 valence electrons. The molecule has 0 saturated carbocycles. The normalized spacial score (nSPS) is 11.2. The summed E-state index contributed by atoms with van der Waals surface area (Å²) in [7, 11) is 0. The van der Waals surface area contributed by atoms with Gasteiger partial charge in [-0.15, -0.1) is 0 Å². The van der Waals surface area contributed by atoms with Crippen LogP contribution in [0.25, 0.3) is 39.5 Å². The fraction of sp³-hybridized carbons (Fsp3) is 0. The summed E-state index contributed by atoms with van der Waals surface area (Å²) in [6, 6.07) is 20.6. The van der Waals surface area contributed by atoms with E-state index < -0.39 is 0 Å². The van der Waals surface area contributed by atoms with Crippen molar-refractivity contribution in [2.45, 2.75) is 0 Å². The Morgan fingerprint density at radius 1 is 0.839 bits per heavy atom. The van der Waals surface area contributed by atoms with Crippen LogP contribution in [0.3, 0.4) is 0 Å². The summed E-state index contributed by atoms with van der Waals surface area (Å²) in [5, 5.41) is 1.74. The van der Waals surface area contributed by atoms with E-state index in [9.17, 15) is 0 Å². The maximum Gasteiger partial charge on any atom is 0.197 e. The second kappa shape index (κ2) is 8.09. The number of pyridine rings is 1. The Balaban J connectivity index is 1.79. The molecular weight excluding hydrogens is 471 g/mol. The average Bonchev–Trinajstić information content (AvgIpc) is 3.13. The van der Waals surface area contributed by atoms with Crippen LogP contribution in [0.15, 0.2) is 72.9 Å². The number of hydrogen-bond donors (Lipinski definition) is 1. The van der Waals surface area contributed by atoms with Gasteiger partial charge in [-0.3, -0.25) is 4.40 Å². The third-order valence-corrected chi connectivity index (χ3v) is 5.85. The number of fused-ring (bicyclic) bond motifs is 1. The van der Waals surface area contributed by atoms with Gasteiger partial charge in [0.2, 0.25) is 0 Å². The van der Waals surface area contributed by atoms with Crippen molar-refractivity contribution in [3.8, 4) is 33.9 Å². The van der Waals surface area contributed by atoms with Crippen LogP contribution in [0.2, 0.25) is 15.1 Å². The van der Waals surface area contributed by atoms with Crippen molar-refractivity contribution in [1.82, 2.24) is 19.4 Å². The van der Waals surface area contributed by atoms with E-state index in [2.05, 4.69) is 9.97 Å². The molecule has 0 unspecified atom stereocenters. The number of halogens is 3. The number of nitrogens with zero attached hydrogens (tertiary/aromatic N) is 3. The van der Waals surface area contributed by atoms with Crippen LogP contribution in [0.5, 0.6) is 0 Å². The molecule has 0 spiro atoms. The van der Waals surface area contributed by atoms with Gasteiger partial charge in [0.15, 0.2) is 4.77 Å². The summed E-state index contributed by atoms with van der Waals surface area (Å²) in [6.45, 7) is 0. The summed E-state index contributed by atoms with van der Waals surface area (Å²) in [4.78, 5) is 12.5. The molecule has 0 aliphatic rings. The first kappa shape index (κ1) is 20.2. The highest BCUT2D eigenvalue weighted by atomic mass is 35.5. The Morgan fingerprint density at radius 3 is 2.39 bits per heavy atom. The summed E-state index contributed by atoms with van der Waals surface area (Å²) >= 11 is 24.1. The van der Waals surface area contributed by atoms with Gasteiger partial charge in [-0.1, -0.05) is 53.0 Å². The monoisotopic (exact) mass is 482 g/mol. The van der Waals surface area contributed by atoms with Gasteiger partial charge in [0.1, 0.15) is 11.3 Å². The predicted octanol–water partition coefficient (Wildman–Crippen LogP) is 7.75. The molecule has 0 fully saturated rings. The highest BCUT2D eigenvalue weighted by Crippen LogP contribution is 2.37. The van der Waals surface area contributed by atoms with Crippen LogP contribution >= 0.6 is 47.0 Å². The number of benzene rings is 2. The molecule has 2 aromatic carbocycles. The fourth-order valence-electron chi connectivity index (χ4n) is 3.48. The van der Waals surface area contributed by atoms with Crippen LogP contribution in [0, 0.1) is 4.77 Å². The Hall–Kier alpha value is -2.70. The number of rotatable bonds is 3. The maximum absolute atomic E-state index is 6.53. The predicted molar refractivity (Wildman–Crippen MR) is 130 cm³/mol. The summed E-state index contributed by atoms with van der Waals surface area (Å²) < 4.78 is 2.36. The van der Waals surface area contributed by atoms with Crippen molar-refractivity contribution in [3.63, 3.8) is 0 Å². The second-order valence-electron chi connectivity index (χ2n) is 6.85. The van der Waals surface area contributed by atoms with E-state index in [4.69, 9.17) is 52.0 Å². The van der Waals surface area contributed by atoms with Gasteiger partial charge in [-0.25, -0.2) is 9.97 Å². The molecule has 0 aliphatic heterocycles. The van der Waals surface area contributed by atoms with E-state index in [1.54, 1.807) is 12.1 Å². The van der Waals surface area contributed by atoms with E-state index in [1.165, 1.54) is 0 Å². The van der Waals surface area contributed by atoms with Crippen molar-refractivity contribution >= 4 is 52.7 Å². The van der Waals surface area contributed by atoms with Crippen LogP contribution in [-0.2, 0) is 0 Å². The molecule has 1 N–H and O–H groups in total. The lowest BCUT2D eigenvalue weighted by atomic mass is 10.1. The first-order valence-corrected chi connectivity index (χ1v) is 10.8. The molecule has 3 heterocycles. The Morgan fingerprint density at radius 2 is 1.61 bits per heavy atom. The van der Waals surface area contributed by atoms with E-state index >= 15 is 0 Å². The van der Waals surface area contributed by atoms with Gasteiger partial charge in [0, 0.05) is 27.4 Å². The smallest absolute Gasteiger partial charge is 0.197 e. The quantitative estimate of drug-likeness (QED) is 0.267. The van der Waals surface area contributed by atoms with E-state index in [0.717, 1.165) is 33.9 Å². The SMILES string of the molecule is S=c1nc(-c2ccc(Cl)cc2)cc(-c2c(-c3ccc(Cl)cc3Cl)nc3ccccn23)[nH]1. The molecule has 0 saturated heterocycles. The number of aromatic nitrogens is 4. The molecule has 0 atom stereocenters. The number of imidazole rings is 1. The third-order valence-electron chi connectivity index (χ3n) is 4.86. The van der Waals surface area contributed by atoms with Gasteiger partial charge in [0.25, 0.3) is 0 Å². The van der Waals surface area contributed by atoms with Crippen molar-refractivity contribution in [3.05, 3.63) is 92.8 Å². The number of aromatic amines is 1. The topological polar surface area (TPSA) is 46.0 Å². The summed E-state index contributed by atoms with van der Waals surface area (Å²) in [5.41, 5.74) is 5.50. The van der Waals surface area contributed by atoms with Gasteiger partial charge in [-0.2, -0.15) is 0 Å². The average molecular weight is 484 g/mol. The zero-order chi connectivity index (χ0) is 21.5. The molecule has 0 bridgehead atoms. The van der Waals surface area contributed by atoms with Crippen LogP contribution in [-0.4, -0.2) is 19.4 Å². The highest BCUT2D eigenvalue weighted by molar-refractivity contribution is 7.71. The largest absolute Gasteiger partial charge is 0.329 e. The summed E-state index contributed by atoms with van der Waals surface area (Å²) in [6.07, 6.45) is 1.95. The molecule has 31 heavy (non-hydrogen) atoms. The van der Waals surface area contributed by atoms with Crippen molar-refractivity contribution in [2.75, 3.05) is 0 Å². The highest BCUT2D eigenvalue weighted by Gasteiger charge is 2.19. The number of H-pyrrole nitrogens is 1. The van der Waals surface area contributed by atoms with E-state index in [1.807, 2.05) is 65.2 Å². The van der Waals surface area contributed by atoms with Crippen LogP contribution in [0.4, 0.5) is 0 Å². The minimum Gasteiger partial charge on any atom is -0.329 e. The van der Waals surface area contributed by atoms with Gasteiger partial charge < -0.3 is 4.98 Å². The second-order valence-corrected chi connectivity index (χ2v) is 8.52. The van der Waals surface area contributed by atoms with Crippen LogP contribution < -0.4 is 0 Å². The molecule has 0 aliphatic carbocycles. The molecule has 0 radical (unpaired) electrons. The molecule has 5 rings (SSSR count). The molecule has 5 aromatic rings. The molecule has 8 heteroatoms. The van der Waals surface area contributed by atoms with E-state index in [-0.39, 0.29) is 0 Å². The lowest BCUT2D eigenvalue weighted by Gasteiger charge is -2.09. The fourth-order valence-corrected chi connectivity index (χ4v) is 4.31. The lowest BCUT2D eigenvalue weighted by Crippen LogP contribution is -1.96. The Labute approximate surface area is 198 Å². The van der Waals surface area contributed by atoms with Gasteiger partial charge in [-0.05, 0) is 60.7 Å². The first-order valence-electron chi connectivity index (χ1n) is 9.30. The lowest BCUT2D eigenvalue weighted by molar-refractivity contribution is 1.11. The van der Waals surface area contributed by atoms with Crippen LogP contribution in [0.1, 0.15) is 0 Å². The minimum atomic E-state index is 0.362. The minimum absolute atomic E-state index is 0.362. The maximum atomic E-state index is 6.53. The van der Waals surface area contributed by atoms with Gasteiger partial charge in [0.05, 0.1) is 22.1 Å². The molecule has 0 amide bonds. The number of hydrogen-bond acceptors (Lipinski definition) is 3. The Kier molecular flexibility index (Phi) is 5.28. The van der Waals surface area contributed by atoms with Crippen molar-refractivity contribution < 1.29 is 0 Å². The summed E-state index contributed by atoms with van der Waals surface area (Å²) in [5.74, 6) is 0. The third kappa shape index (κ3) is 3.86. The molecule has 3 aromatic heterocycles. The van der Waals surface area contributed by atoms with Crippen molar-refractivity contribution in [2.24, 2.45) is 0 Å². The van der Waals surface area contributed by atoms with Crippen molar-refractivity contribution in [1.29, 1.82) is 0 Å². The van der Waals surface area contributed by atoms with Gasteiger partial charge >= 0.3 is 0 Å². The zero-order valence-corrected chi connectivity index (χ0v) is 18.9. The van der Waals surface area contributed by atoms with E-state index in [0.29, 0.717) is 25.5 Å². The first-order chi connectivity index (χ1) is 15.0. The standard InChI is InChI=1S/C23H13Cl3N4S/c24-14-6-4-13(5-7-14)18-12-19(28-23(31)27-18)22-21(16-9-8-15(25)11-17(16)26)29-20-3-1-2-10-30(20)22/h1-12H,(H,27,28,31). The Bertz CT molecular complexity index is 1490. The number of nitrogens with one attached hydrogen (secondary N) is 1. The molecule has 4 nitrogen and oxygen atoms in total. The molecular formula is C23H13Cl3N4S.